The predicted octanol–water partition coefficient (Wildman–Crippen LogP) is 4.80. The Balaban J connectivity index is 1.74. The lowest BCUT2D eigenvalue weighted by Gasteiger charge is -2.10. The number of fused-ring (bicyclic) bond motifs is 1. The Morgan fingerprint density at radius 3 is 2.43 bits per heavy atom. The maximum atomic E-state index is 12.5. The van der Waals surface area contributed by atoms with Crippen molar-refractivity contribution in [1.82, 2.24) is 4.98 Å². The summed E-state index contributed by atoms with van der Waals surface area (Å²) >= 11 is 0. The van der Waals surface area contributed by atoms with Gasteiger partial charge in [0.25, 0.3) is 0 Å². The number of para-hydroxylation sites is 1. The first-order chi connectivity index (χ1) is 10.0. The summed E-state index contributed by atoms with van der Waals surface area (Å²) in [4.78, 5) is 3.16. The molecule has 5 heteroatoms. The van der Waals surface area contributed by atoms with Gasteiger partial charge in [-0.2, -0.15) is 13.2 Å². The molecule has 1 heterocycles. The average Bonchev–Trinajstić information content (AvgIpc) is 2.93. The van der Waals surface area contributed by atoms with Crippen LogP contribution in [-0.2, 0) is 12.7 Å². The molecule has 0 fully saturated rings. The third-order valence-electron chi connectivity index (χ3n) is 3.37. The van der Waals surface area contributed by atoms with Crippen LogP contribution in [0.2, 0.25) is 0 Å². The van der Waals surface area contributed by atoms with E-state index in [0.717, 1.165) is 28.6 Å². The van der Waals surface area contributed by atoms with E-state index in [0.29, 0.717) is 12.2 Å². The first kappa shape index (κ1) is 13.5. The van der Waals surface area contributed by atoms with Gasteiger partial charge < -0.3 is 10.3 Å². The Morgan fingerprint density at radius 2 is 1.71 bits per heavy atom. The molecule has 0 unspecified atom stereocenters. The smallest absolute Gasteiger partial charge is 0.381 e. The van der Waals surface area contributed by atoms with Gasteiger partial charge in [0.15, 0.2) is 0 Å². The van der Waals surface area contributed by atoms with Crippen molar-refractivity contribution in [2.45, 2.75) is 12.7 Å². The van der Waals surface area contributed by atoms with Crippen LogP contribution in [0.3, 0.4) is 0 Å². The van der Waals surface area contributed by atoms with Crippen molar-refractivity contribution in [2.24, 2.45) is 0 Å². The van der Waals surface area contributed by atoms with Crippen LogP contribution >= 0.6 is 0 Å². The van der Waals surface area contributed by atoms with Crippen LogP contribution in [0.4, 0.5) is 18.9 Å². The third-order valence-corrected chi connectivity index (χ3v) is 3.37. The van der Waals surface area contributed by atoms with Crippen molar-refractivity contribution in [3.63, 3.8) is 0 Å². The van der Waals surface area contributed by atoms with Gasteiger partial charge in [0.1, 0.15) is 0 Å². The maximum absolute atomic E-state index is 12.5. The summed E-state index contributed by atoms with van der Waals surface area (Å²) in [5, 5.41) is 4.25. The fourth-order valence-corrected chi connectivity index (χ4v) is 2.27. The molecule has 0 bridgehead atoms. The Morgan fingerprint density at radius 1 is 0.952 bits per heavy atom. The van der Waals surface area contributed by atoms with E-state index < -0.39 is 11.7 Å². The van der Waals surface area contributed by atoms with E-state index in [1.54, 1.807) is 0 Å². The summed E-state index contributed by atoms with van der Waals surface area (Å²) in [6, 6.07) is 13.0. The van der Waals surface area contributed by atoms with Crippen molar-refractivity contribution in [3.05, 3.63) is 65.9 Å². The highest BCUT2D eigenvalue weighted by atomic mass is 19.4. The molecular weight excluding hydrogens is 277 g/mol. The number of benzene rings is 2. The second-order valence-electron chi connectivity index (χ2n) is 4.79. The summed E-state index contributed by atoms with van der Waals surface area (Å²) in [5.41, 5.74) is 2.13. The minimum atomic E-state index is -4.30. The largest absolute Gasteiger partial charge is 0.416 e. The molecule has 0 atom stereocenters. The molecule has 0 radical (unpaired) electrons. The Kier molecular flexibility index (Phi) is 3.33. The normalized spacial score (nSPS) is 11.8. The molecule has 2 N–H and O–H groups in total. The molecule has 0 spiro atoms. The van der Waals surface area contributed by atoms with Crippen molar-refractivity contribution < 1.29 is 13.2 Å². The van der Waals surface area contributed by atoms with Gasteiger partial charge in [-0.1, -0.05) is 18.2 Å². The number of aromatic amines is 1. The van der Waals surface area contributed by atoms with Crippen LogP contribution in [0, 0.1) is 0 Å². The van der Waals surface area contributed by atoms with E-state index in [4.69, 9.17) is 0 Å². The Bertz CT molecular complexity index is 742. The zero-order valence-electron chi connectivity index (χ0n) is 11.0. The van der Waals surface area contributed by atoms with E-state index in [-0.39, 0.29) is 0 Å². The van der Waals surface area contributed by atoms with Crippen LogP contribution in [0.1, 0.15) is 11.1 Å². The second-order valence-corrected chi connectivity index (χ2v) is 4.79. The third kappa shape index (κ3) is 2.86. The minimum Gasteiger partial charge on any atom is -0.381 e. The van der Waals surface area contributed by atoms with Crippen LogP contribution in [-0.4, -0.2) is 4.98 Å². The highest BCUT2D eigenvalue weighted by Gasteiger charge is 2.29. The summed E-state index contributed by atoms with van der Waals surface area (Å²) in [6.07, 6.45) is -2.43. The molecule has 3 rings (SSSR count). The van der Waals surface area contributed by atoms with Gasteiger partial charge in [-0.3, -0.25) is 0 Å². The van der Waals surface area contributed by atoms with Gasteiger partial charge in [-0.15, -0.1) is 0 Å². The molecule has 1 aromatic heterocycles. The lowest BCUT2D eigenvalue weighted by atomic mass is 10.1. The molecule has 0 aliphatic rings. The number of H-pyrrole nitrogens is 1. The van der Waals surface area contributed by atoms with E-state index in [1.165, 1.54) is 12.1 Å². The highest BCUT2D eigenvalue weighted by Crippen LogP contribution is 2.30. The Labute approximate surface area is 119 Å². The molecule has 0 aliphatic heterocycles. The van der Waals surface area contributed by atoms with Crippen LogP contribution in [0.25, 0.3) is 10.9 Å². The van der Waals surface area contributed by atoms with E-state index >= 15 is 0 Å². The molecule has 2 aromatic carbocycles. The van der Waals surface area contributed by atoms with Crippen molar-refractivity contribution >= 4 is 16.6 Å². The fourth-order valence-electron chi connectivity index (χ4n) is 2.27. The predicted molar refractivity (Wildman–Crippen MR) is 77.1 cm³/mol. The first-order valence-corrected chi connectivity index (χ1v) is 6.50. The van der Waals surface area contributed by atoms with Crippen molar-refractivity contribution in [2.75, 3.05) is 5.32 Å². The lowest BCUT2D eigenvalue weighted by molar-refractivity contribution is -0.137. The van der Waals surface area contributed by atoms with E-state index in [1.807, 2.05) is 30.5 Å². The molecule has 3 aromatic rings. The molecule has 21 heavy (non-hydrogen) atoms. The standard InChI is InChI=1S/C16H13F3N2/c17-16(18,19)13-4-6-14(7-5-13)21-10-12-3-1-2-11-8-9-20-15(11)12/h1-9,20-21H,10H2. The zero-order chi connectivity index (χ0) is 14.9. The zero-order valence-corrected chi connectivity index (χ0v) is 11.0. The highest BCUT2D eigenvalue weighted by molar-refractivity contribution is 5.82. The molecular formula is C16H13F3N2. The average molecular weight is 290 g/mol. The van der Waals surface area contributed by atoms with Crippen molar-refractivity contribution in [1.29, 1.82) is 0 Å². The number of aromatic nitrogens is 1. The van der Waals surface area contributed by atoms with E-state index in [9.17, 15) is 13.2 Å². The molecule has 0 amide bonds. The fraction of sp³-hybridized carbons (Fsp3) is 0.125. The van der Waals surface area contributed by atoms with Crippen molar-refractivity contribution in [3.8, 4) is 0 Å². The number of anilines is 1. The van der Waals surface area contributed by atoms with Gasteiger partial charge in [0.2, 0.25) is 0 Å². The summed E-state index contributed by atoms with van der Waals surface area (Å²) in [6.45, 7) is 0.545. The molecule has 0 aliphatic carbocycles. The minimum absolute atomic E-state index is 0.545. The van der Waals surface area contributed by atoms with Gasteiger partial charge in [0.05, 0.1) is 11.1 Å². The lowest BCUT2D eigenvalue weighted by Crippen LogP contribution is -2.05. The van der Waals surface area contributed by atoms with Crippen LogP contribution in [0.5, 0.6) is 0 Å². The van der Waals surface area contributed by atoms with E-state index in [2.05, 4.69) is 10.3 Å². The maximum Gasteiger partial charge on any atom is 0.416 e. The molecule has 108 valence electrons. The number of nitrogens with one attached hydrogen (secondary N) is 2. The van der Waals surface area contributed by atoms with Gasteiger partial charge in [-0.25, -0.2) is 0 Å². The quantitative estimate of drug-likeness (QED) is 0.712. The second kappa shape index (κ2) is 5.16. The van der Waals surface area contributed by atoms with Crippen LogP contribution in [0.15, 0.2) is 54.7 Å². The number of hydrogen-bond donors (Lipinski definition) is 2. The monoisotopic (exact) mass is 290 g/mol. The number of halogens is 3. The van der Waals surface area contributed by atoms with Crippen LogP contribution < -0.4 is 5.32 Å². The van der Waals surface area contributed by atoms with Gasteiger partial charge >= 0.3 is 6.18 Å². The number of rotatable bonds is 3. The topological polar surface area (TPSA) is 27.8 Å². The van der Waals surface area contributed by atoms with Gasteiger partial charge in [-0.05, 0) is 41.3 Å². The summed E-state index contributed by atoms with van der Waals surface area (Å²) in [7, 11) is 0. The number of alkyl halides is 3. The SMILES string of the molecule is FC(F)(F)c1ccc(NCc2cccc3cc[nH]c23)cc1. The summed E-state index contributed by atoms with van der Waals surface area (Å²) in [5.74, 6) is 0. The summed E-state index contributed by atoms with van der Waals surface area (Å²) < 4.78 is 37.5. The van der Waals surface area contributed by atoms with Gasteiger partial charge in [0, 0.05) is 18.4 Å². The molecule has 0 saturated heterocycles. The number of hydrogen-bond acceptors (Lipinski definition) is 1. The molecule has 0 saturated carbocycles. The first-order valence-electron chi connectivity index (χ1n) is 6.50. The molecule has 2 nitrogen and oxygen atoms in total. The Hall–Kier alpha value is -2.43.